The first-order chi connectivity index (χ1) is 9.93. The molecule has 0 bridgehead atoms. The monoisotopic (exact) mass is 306 g/mol. The molecule has 0 spiro atoms. The predicted octanol–water partition coefficient (Wildman–Crippen LogP) is 2.35. The van der Waals surface area contributed by atoms with Gasteiger partial charge in [0.1, 0.15) is 5.82 Å². The lowest BCUT2D eigenvalue weighted by Gasteiger charge is -2.11. The quantitative estimate of drug-likeness (QED) is 0.697. The molecule has 2 aromatic carbocycles. The highest BCUT2D eigenvalue weighted by molar-refractivity contribution is 6.60. The first-order valence-electron chi connectivity index (χ1n) is 6.25. The van der Waals surface area contributed by atoms with Gasteiger partial charge in [0, 0.05) is 17.7 Å². The molecule has 0 aliphatic rings. The maximum absolute atomic E-state index is 14.2. The van der Waals surface area contributed by atoms with Gasteiger partial charge in [-0.2, -0.15) is 0 Å². The predicted molar refractivity (Wildman–Crippen MR) is 80.6 cm³/mol. The van der Waals surface area contributed by atoms with Crippen LogP contribution >= 0.6 is 11.6 Å². The van der Waals surface area contributed by atoms with E-state index in [1.54, 1.807) is 31.2 Å². The number of carbonyl (C=O) groups is 1. The van der Waals surface area contributed by atoms with Crippen LogP contribution in [0.25, 0.3) is 0 Å². The Balaban J connectivity index is 2.44. The van der Waals surface area contributed by atoms with Gasteiger partial charge in [-0.3, -0.25) is 4.79 Å². The second kappa shape index (κ2) is 6.39. The molecule has 2 aromatic rings. The number of ketones is 1. The minimum absolute atomic E-state index is 0.0237. The summed E-state index contributed by atoms with van der Waals surface area (Å²) in [6.07, 6.45) is 0. The Bertz CT molecular complexity index is 650. The highest BCUT2D eigenvalue weighted by atomic mass is 35.5. The Labute approximate surface area is 127 Å². The summed E-state index contributed by atoms with van der Waals surface area (Å²) in [5, 5.41) is 10.1. The van der Waals surface area contributed by atoms with E-state index in [9.17, 15) is 14.2 Å². The Morgan fingerprint density at radius 3 is 2.43 bits per heavy atom. The van der Waals surface area contributed by atoms with Gasteiger partial charge < -0.3 is 9.68 Å². The van der Waals surface area contributed by atoms with E-state index in [1.807, 2.05) is 0 Å². The minimum Gasteiger partial charge on any atom is -0.423 e. The third-order valence-electron chi connectivity index (χ3n) is 3.15. The lowest BCUT2D eigenvalue weighted by atomic mass is 9.77. The van der Waals surface area contributed by atoms with Gasteiger partial charge in [-0.05, 0) is 48.3 Å². The van der Waals surface area contributed by atoms with Crippen LogP contribution in [-0.4, -0.2) is 25.0 Å². The zero-order valence-corrected chi connectivity index (χ0v) is 12.3. The molecular formula is C15H13BClFO3. The summed E-state index contributed by atoms with van der Waals surface area (Å²) in [7, 11) is 0.0860. The van der Waals surface area contributed by atoms with Crippen molar-refractivity contribution < 1.29 is 18.9 Å². The second-order valence-electron chi connectivity index (χ2n) is 4.62. The van der Waals surface area contributed by atoms with Crippen LogP contribution in [0.5, 0.6) is 0 Å². The molecule has 0 saturated heterocycles. The molecule has 3 nitrogen and oxygen atoms in total. The number of hydrogen-bond donors (Lipinski definition) is 1. The van der Waals surface area contributed by atoms with Crippen molar-refractivity contribution in [1.82, 2.24) is 0 Å². The van der Waals surface area contributed by atoms with E-state index in [0.717, 1.165) is 6.07 Å². The van der Waals surface area contributed by atoms with Gasteiger partial charge in [0.2, 0.25) is 0 Å². The lowest BCUT2D eigenvalue weighted by Crippen LogP contribution is -2.33. The molecule has 0 aliphatic carbocycles. The first-order valence-corrected chi connectivity index (χ1v) is 6.63. The molecule has 0 aliphatic heterocycles. The van der Waals surface area contributed by atoms with E-state index >= 15 is 0 Å². The fourth-order valence-corrected chi connectivity index (χ4v) is 2.21. The van der Waals surface area contributed by atoms with Crippen molar-refractivity contribution in [2.24, 2.45) is 0 Å². The maximum Gasteiger partial charge on any atom is 0.491 e. The number of halogens is 2. The number of benzene rings is 2. The smallest absolute Gasteiger partial charge is 0.423 e. The van der Waals surface area contributed by atoms with Gasteiger partial charge in [0.05, 0.1) is 5.56 Å². The average molecular weight is 307 g/mol. The highest BCUT2D eigenvalue weighted by Gasteiger charge is 2.22. The van der Waals surface area contributed by atoms with Crippen molar-refractivity contribution in [3.05, 3.63) is 63.9 Å². The zero-order valence-electron chi connectivity index (χ0n) is 11.6. The molecule has 6 heteroatoms. The standard InChI is InChI=1S/C15H13BClFO3/c1-9-7-11(16(20)21-2)8-13(18)14(9)15(19)10-3-5-12(17)6-4-10/h3-8,20H,1-2H3. The summed E-state index contributed by atoms with van der Waals surface area (Å²) in [5.41, 5.74) is 1.02. The Kier molecular flexibility index (Phi) is 4.78. The van der Waals surface area contributed by atoms with Crippen LogP contribution in [0.15, 0.2) is 36.4 Å². The van der Waals surface area contributed by atoms with E-state index in [0.29, 0.717) is 16.1 Å². The number of hydrogen-bond acceptors (Lipinski definition) is 3. The molecule has 0 aromatic heterocycles. The second-order valence-corrected chi connectivity index (χ2v) is 5.06. The van der Waals surface area contributed by atoms with Crippen molar-refractivity contribution in [2.75, 3.05) is 7.11 Å². The fourth-order valence-electron chi connectivity index (χ4n) is 2.08. The van der Waals surface area contributed by atoms with Gasteiger partial charge in [0.25, 0.3) is 0 Å². The Morgan fingerprint density at radius 2 is 1.90 bits per heavy atom. The zero-order chi connectivity index (χ0) is 15.6. The van der Waals surface area contributed by atoms with E-state index in [-0.39, 0.29) is 11.0 Å². The van der Waals surface area contributed by atoms with Crippen LogP contribution in [-0.2, 0) is 4.65 Å². The summed E-state index contributed by atoms with van der Waals surface area (Å²) >= 11 is 5.77. The first kappa shape index (κ1) is 15.7. The Morgan fingerprint density at radius 1 is 1.29 bits per heavy atom. The van der Waals surface area contributed by atoms with Crippen molar-refractivity contribution in [3.63, 3.8) is 0 Å². The van der Waals surface area contributed by atoms with Crippen LogP contribution in [0.2, 0.25) is 5.02 Å². The lowest BCUT2D eigenvalue weighted by molar-refractivity contribution is 0.103. The summed E-state index contributed by atoms with van der Waals surface area (Å²) in [4.78, 5) is 12.4. The number of rotatable bonds is 4. The van der Waals surface area contributed by atoms with Crippen molar-refractivity contribution >= 4 is 30.0 Å². The van der Waals surface area contributed by atoms with Crippen LogP contribution in [0.3, 0.4) is 0 Å². The molecule has 0 amide bonds. The number of carbonyl (C=O) groups excluding carboxylic acids is 1. The molecule has 0 unspecified atom stereocenters. The normalized spacial score (nSPS) is 10.5. The SMILES string of the molecule is COB(O)c1cc(C)c(C(=O)c2ccc(Cl)cc2)c(F)c1. The van der Waals surface area contributed by atoms with Crippen molar-refractivity contribution in [1.29, 1.82) is 0 Å². The molecular weight excluding hydrogens is 293 g/mol. The van der Waals surface area contributed by atoms with Crippen LogP contribution in [0.4, 0.5) is 4.39 Å². The molecule has 108 valence electrons. The molecule has 0 radical (unpaired) electrons. The molecule has 0 atom stereocenters. The molecule has 0 fully saturated rings. The number of aryl methyl sites for hydroxylation is 1. The summed E-state index contributed by atoms with van der Waals surface area (Å²) in [6.45, 7) is 1.61. The van der Waals surface area contributed by atoms with E-state index < -0.39 is 18.7 Å². The van der Waals surface area contributed by atoms with Gasteiger partial charge in [-0.1, -0.05) is 17.7 Å². The van der Waals surface area contributed by atoms with Gasteiger partial charge in [-0.25, -0.2) is 4.39 Å². The maximum atomic E-state index is 14.2. The molecule has 1 N–H and O–H groups in total. The van der Waals surface area contributed by atoms with E-state index in [2.05, 4.69) is 0 Å². The molecule has 2 rings (SSSR count). The third kappa shape index (κ3) is 3.32. The van der Waals surface area contributed by atoms with Crippen molar-refractivity contribution in [2.45, 2.75) is 6.92 Å². The third-order valence-corrected chi connectivity index (χ3v) is 3.40. The molecule has 0 heterocycles. The van der Waals surface area contributed by atoms with E-state index in [1.165, 1.54) is 13.2 Å². The fraction of sp³-hybridized carbons (Fsp3) is 0.133. The van der Waals surface area contributed by atoms with Gasteiger partial charge in [-0.15, -0.1) is 0 Å². The highest BCUT2D eigenvalue weighted by Crippen LogP contribution is 2.18. The van der Waals surface area contributed by atoms with E-state index in [4.69, 9.17) is 16.3 Å². The van der Waals surface area contributed by atoms with Crippen LogP contribution in [0, 0.1) is 12.7 Å². The van der Waals surface area contributed by atoms with Crippen LogP contribution < -0.4 is 5.46 Å². The van der Waals surface area contributed by atoms with Crippen LogP contribution in [0.1, 0.15) is 21.5 Å². The summed E-state index contributed by atoms with van der Waals surface area (Å²) in [6, 6.07) is 8.86. The molecule has 0 saturated carbocycles. The van der Waals surface area contributed by atoms with Crippen molar-refractivity contribution in [3.8, 4) is 0 Å². The van der Waals surface area contributed by atoms with Gasteiger partial charge >= 0.3 is 7.12 Å². The molecule has 21 heavy (non-hydrogen) atoms. The minimum atomic E-state index is -1.22. The Hall–Kier alpha value is -1.69. The summed E-state index contributed by atoms with van der Waals surface area (Å²) in [5.74, 6) is -1.12. The summed E-state index contributed by atoms with van der Waals surface area (Å²) < 4.78 is 18.9. The largest absolute Gasteiger partial charge is 0.491 e. The topological polar surface area (TPSA) is 46.5 Å². The van der Waals surface area contributed by atoms with Gasteiger partial charge in [0.15, 0.2) is 5.78 Å². The average Bonchev–Trinajstić information content (AvgIpc) is 2.46.